The van der Waals surface area contributed by atoms with E-state index in [-0.39, 0.29) is 0 Å². The summed E-state index contributed by atoms with van der Waals surface area (Å²) < 4.78 is 40.3. The molecule has 1 heteroatoms. The van der Waals surface area contributed by atoms with E-state index in [0.717, 1.165) is 0 Å². The van der Waals surface area contributed by atoms with Crippen molar-refractivity contribution in [1.29, 1.82) is 0 Å². The molecule has 0 aliphatic rings. The zero-order valence-electron chi connectivity index (χ0n) is 9.02. The number of terminal acetylenes is 1. The fourth-order valence-corrected chi connectivity index (χ4v) is 0. The Kier molecular flexibility index (Phi) is 0.224. The van der Waals surface area contributed by atoms with E-state index in [1.807, 2.05) is 0 Å². The summed E-state index contributed by atoms with van der Waals surface area (Å²) in [6.45, 7) is -6.21. The van der Waals surface area contributed by atoms with Gasteiger partial charge in [0.05, 0.1) is 0 Å². The van der Waals surface area contributed by atoms with Crippen molar-refractivity contribution >= 4 is 0 Å². The first-order valence-electron chi connectivity index (χ1n) is 4.26. The molecule has 0 spiro atoms. The van der Waals surface area contributed by atoms with Crippen LogP contribution < -0.4 is 0 Å². The third-order valence-corrected chi connectivity index (χ3v) is 0.209. The first kappa shape index (κ1) is 1.02. The first-order valence-corrected chi connectivity index (χ1v) is 1.26. The lowest BCUT2D eigenvalue weighted by Crippen LogP contribution is -2.13. The Hall–Kier alpha value is -0.480. The van der Waals surface area contributed by atoms with Crippen LogP contribution in [0.5, 0.6) is 0 Å². The van der Waals surface area contributed by atoms with Crippen LogP contribution >= 0.6 is 0 Å². The highest BCUT2D eigenvalue weighted by Gasteiger charge is 2.03. The summed E-state index contributed by atoms with van der Waals surface area (Å²) in [5.41, 5.74) is -3.06. The minimum atomic E-state index is -3.10. The Morgan fingerprint density at radius 1 is 2.00 bits per heavy atom. The van der Waals surface area contributed by atoms with Crippen molar-refractivity contribution in [2.45, 2.75) is 19.3 Å². The SMILES string of the molecule is [2H]C([2H])([2H])C(O)(C#C)C([2H])([2H])[2H]. The van der Waals surface area contributed by atoms with Gasteiger partial charge in [-0.25, -0.2) is 0 Å². The summed E-state index contributed by atoms with van der Waals surface area (Å²) in [5.74, 6) is 1.39. The minimum Gasteiger partial charge on any atom is -0.378 e. The van der Waals surface area contributed by atoms with E-state index in [9.17, 15) is 0 Å². The van der Waals surface area contributed by atoms with E-state index in [1.165, 1.54) is 5.92 Å². The predicted octanol–water partition coefficient (Wildman–Crippen LogP) is 0.391. The zero-order valence-corrected chi connectivity index (χ0v) is 3.02. The van der Waals surface area contributed by atoms with Crippen molar-refractivity contribution in [2.75, 3.05) is 0 Å². The molecule has 0 rings (SSSR count). The average molecular weight is 90.2 g/mol. The van der Waals surface area contributed by atoms with Crippen molar-refractivity contribution in [3.63, 3.8) is 0 Å². The maximum Gasteiger partial charge on any atom is 0.119 e. The maximum atomic E-state index is 9.13. The van der Waals surface area contributed by atoms with Crippen molar-refractivity contribution in [1.82, 2.24) is 0 Å². The van der Waals surface area contributed by atoms with Crippen LogP contribution in [0.2, 0.25) is 0 Å². The van der Waals surface area contributed by atoms with Gasteiger partial charge in [0.25, 0.3) is 0 Å². The molecule has 0 unspecified atom stereocenters. The molecule has 1 N–H and O–H groups in total. The molecule has 0 fully saturated rings. The highest BCUT2D eigenvalue weighted by Crippen LogP contribution is 1.93. The fraction of sp³-hybridized carbons (Fsp3) is 0.600. The summed E-state index contributed by atoms with van der Waals surface area (Å²) in [7, 11) is 0. The van der Waals surface area contributed by atoms with E-state index in [0.29, 0.717) is 0 Å². The molecule has 34 valence electrons. The quantitative estimate of drug-likeness (QED) is 0.427. The van der Waals surface area contributed by atoms with Gasteiger partial charge in [0.15, 0.2) is 0 Å². The summed E-state index contributed by atoms with van der Waals surface area (Å²) >= 11 is 0. The van der Waals surface area contributed by atoms with Crippen LogP contribution in [0.3, 0.4) is 0 Å². The van der Waals surface area contributed by atoms with Crippen molar-refractivity contribution in [3.05, 3.63) is 0 Å². The lowest BCUT2D eigenvalue weighted by molar-refractivity contribution is 0.144. The van der Waals surface area contributed by atoms with E-state index >= 15 is 0 Å². The highest BCUT2D eigenvalue weighted by molar-refractivity contribution is 5.00. The fourth-order valence-electron chi connectivity index (χ4n) is 0. The van der Waals surface area contributed by atoms with Gasteiger partial charge in [-0.05, 0) is 13.7 Å². The van der Waals surface area contributed by atoms with Gasteiger partial charge in [-0.1, -0.05) is 5.92 Å². The average Bonchev–Trinajstić information content (AvgIpc) is 1.81. The van der Waals surface area contributed by atoms with Gasteiger partial charge in [-0.3, -0.25) is 0 Å². The van der Waals surface area contributed by atoms with Crippen LogP contribution in [0.1, 0.15) is 21.9 Å². The summed E-state index contributed by atoms with van der Waals surface area (Å²) in [5, 5.41) is 9.13. The maximum absolute atomic E-state index is 9.13. The monoisotopic (exact) mass is 90.1 g/mol. The molecule has 0 saturated heterocycles. The standard InChI is InChI=1S/C5H8O/c1-4-5(2,3)6/h1,6H,2-3H3/i2D3,3D3. The third-order valence-electron chi connectivity index (χ3n) is 0.209. The Balaban J connectivity index is 5.14. The van der Waals surface area contributed by atoms with Crippen LogP contribution in [0.4, 0.5) is 0 Å². The molecule has 0 aromatic carbocycles. The second kappa shape index (κ2) is 1.32. The summed E-state index contributed by atoms with van der Waals surface area (Å²) in [6.07, 6.45) is 4.66. The molecule has 0 aliphatic carbocycles. The Morgan fingerprint density at radius 2 is 2.50 bits per heavy atom. The molecule has 0 heterocycles. The number of hydrogen-bond acceptors (Lipinski definition) is 1. The van der Waals surface area contributed by atoms with Crippen LogP contribution in [-0.4, -0.2) is 10.7 Å². The lowest BCUT2D eigenvalue weighted by Gasteiger charge is -2.04. The smallest absolute Gasteiger partial charge is 0.119 e. The zero-order chi connectivity index (χ0) is 10.2. The van der Waals surface area contributed by atoms with Gasteiger partial charge in [-0.2, -0.15) is 0 Å². The van der Waals surface area contributed by atoms with Gasteiger partial charge >= 0.3 is 0 Å². The highest BCUT2D eigenvalue weighted by atomic mass is 16.3. The lowest BCUT2D eigenvalue weighted by atomic mass is 10.2. The van der Waals surface area contributed by atoms with E-state index in [2.05, 4.69) is 6.42 Å². The van der Waals surface area contributed by atoms with E-state index in [4.69, 9.17) is 13.3 Å². The number of aliphatic hydroxyl groups is 1. The molecule has 1 nitrogen and oxygen atoms in total. The third kappa shape index (κ3) is 3.52. The Labute approximate surface area is 46.4 Å². The topological polar surface area (TPSA) is 20.2 Å². The van der Waals surface area contributed by atoms with Gasteiger partial charge in [0.2, 0.25) is 0 Å². The van der Waals surface area contributed by atoms with Crippen LogP contribution in [0.25, 0.3) is 0 Å². The van der Waals surface area contributed by atoms with E-state index in [1.54, 1.807) is 0 Å². The van der Waals surface area contributed by atoms with Gasteiger partial charge < -0.3 is 5.11 Å². The normalized spacial score (nSPS) is 29.3. The molecule has 0 atom stereocenters. The summed E-state index contributed by atoms with van der Waals surface area (Å²) in [4.78, 5) is 0. The Bertz CT molecular complexity index is 191. The summed E-state index contributed by atoms with van der Waals surface area (Å²) in [6, 6.07) is 0. The number of rotatable bonds is 0. The predicted molar refractivity (Wildman–Crippen MR) is 25.1 cm³/mol. The molecular formula is C5H8O. The molecule has 0 saturated carbocycles. The molecule has 0 aliphatic heterocycles. The largest absolute Gasteiger partial charge is 0.378 e. The van der Waals surface area contributed by atoms with Crippen molar-refractivity contribution < 1.29 is 13.3 Å². The second-order valence-electron chi connectivity index (χ2n) is 0.855. The van der Waals surface area contributed by atoms with Gasteiger partial charge in [0.1, 0.15) is 5.60 Å². The molecular weight excluding hydrogens is 76.1 g/mol. The van der Waals surface area contributed by atoms with Crippen LogP contribution in [0, 0.1) is 12.3 Å². The second-order valence-corrected chi connectivity index (χ2v) is 0.855. The molecule has 0 aromatic heterocycles. The Morgan fingerprint density at radius 3 is 2.50 bits per heavy atom. The van der Waals surface area contributed by atoms with Crippen LogP contribution in [0.15, 0.2) is 0 Å². The van der Waals surface area contributed by atoms with Gasteiger partial charge in [0, 0.05) is 8.22 Å². The molecule has 0 aromatic rings. The van der Waals surface area contributed by atoms with E-state index < -0.39 is 19.3 Å². The molecule has 0 radical (unpaired) electrons. The van der Waals surface area contributed by atoms with Gasteiger partial charge in [-0.15, -0.1) is 6.42 Å². The number of hydrogen-bond donors (Lipinski definition) is 1. The molecule has 0 amide bonds. The van der Waals surface area contributed by atoms with Crippen LogP contribution in [-0.2, 0) is 0 Å². The molecule has 0 bridgehead atoms. The van der Waals surface area contributed by atoms with Crippen molar-refractivity contribution in [3.8, 4) is 12.3 Å². The van der Waals surface area contributed by atoms with Crippen molar-refractivity contribution in [2.24, 2.45) is 0 Å². The molecule has 6 heavy (non-hydrogen) atoms. The minimum absolute atomic E-state index is 1.39. The first-order chi connectivity index (χ1) is 5.06.